The molecule has 0 aliphatic heterocycles. The van der Waals surface area contributed by atoms with Crippen LogP contribution in [0.15, 0.2) is 29.2 Å². The van der Waals surface area contributed by atoms with Gasteiger partial charge in [-0.2, -0.15) is 0 Å². The minimum Gasteiger partial charge on any atom is -0.313 e. The summed E-state index contributed by atoms with van der Waals surface area (Å²) >= 11 is 0. The standard InChI is InChI=1S/C14H22N2O4S/c1-5-15-13(14(2,3)4)10-21(19,20)12-9-7-6-8-11(12)16(17)18/h6-9,13,15H,5,10H2,1-4H3. The average molecular weight is 314 g/mol. The van der Waals surface area contributed by atoms with Crippen LogP contribution in [-0.4, -0.2) is 31.7 Å². The van der Waals surface area contributed by atoms with Crippen LogP contribution in [0, 0.1) is 15.5 Å². The molecule has 0 saturated carbocycles. The number of nitro groups is 1. The molecule has 0 bridgehead atoms. The van der Waals surface area contributed by atoms with Gasteiger partial charge in [0.1, 0.15) is 4.90 Å². The average Bonchev–Trinajstić information content (AvgIpc) is 2.37. The number of nitrogens with zero attached hydrogens (tertiary/aromatic N) is 1. The largest absolute Gasteiger partial charge is 0.313 e. The Balaban J connectivity index is 3.20. The summed E-state index contributed by atoms with van der Waals surface area (Å²) in [4.78, 5) is 10.1. The zero-order valence-corrected chi connectivity index (χ0v) is 13.6. The van der Waals surface area contributed by atoms with Crippen LogP contribution in [0.2, 0.25) is 0 Å². The number of rotatable bonds is 6. The lowest BCUT2D eigenvalue weighted by atomic mass is 9.88. The second-order valence-corrected chi connectivity index (χ2v) is 7.99. The third kappa shape index (κ3) is 4.50. The Morgan fingerprint density at radius 2 is 1.86 bits per heavy atom. The predicted molar refractivity (Wildman–Crippen MR) is 82.1 cm³/mol. The molecule has 1 unspecified atom stereocenters. The van der Waals surface area contributed by atoms with E-state index in [4.69, 9.17) is 0 Å². The van der Waals surface area contributed by atoms with Gasteiger partial charge in [-0.25, -0.2) is 8.42 Å². The molecule has 6 nitrogen and oxygen atoms in total. The second-order valence-electron chi connectivity index (χ2n) is 5.98. The molecule has 0 radical (unpaired) electrons. The van der Waals surface area contributed by atoms with Crippen molar-refractivity contribution in [2.24, 2.45) is 5.41 Å². The van der Waals surface area contributed by atoms with Gasteiger partial charge in [0, 0.05) is 12.1 Å². The SMILES string of the molecule is CCNC(CS(=O)(=O)c1ccccc1[N+](=O)[O-])C(C)(C)C. The van der Waals surface area contributed by atoms with Crippen molar-refractivity contribution in [2.45, 2.75) is 38.6 Å². The van der Waals surface area contributed by atoms with E-state index in [1.54, 1.807) is 0 Å². The maximum atomic E-state index is 12.5. The third-order valence-electron chi connectivity index (χ3n) is 3.28. The summed E-state index contributed by atoms with van der Waals surface area (Å²) in [5.74, 6) is -0.171. The van der Waals surface area contributed by atoms with E-state index < -0.39 is 14.8 Å². The minimum atomic E-state index is -3.74. The first kappa shape index (κ1) is 17.6. The van der Waals surface area contributed by atoms with Crippen LogP contribution >= 0.6 is 0 Å². The van der Waals surface area contributed by atoms with Crippen molar-refractivity contribution >= 4 is 15.5 Å². The number of nitrogens with one attached hydrogen (secondary N) is 1. The Hall–Kier alpha value is -1.47. The van der Waals surface area contributed by atoms with Gasteiger partial charge in [0.05, 0.1) is 10.7 Å². The zero-order valence-electron chi connectivity index (χ0n) is 12.8. The van der Waals surface area contributed by atoms with E-state index in [1.807, 2.05) is 27.7 Å². The molecule has 0 aliphatic rings. The molecule has 7 heteroatoms. The number of nitro benzene ring substituents is 1. The molecule has 0 aliphatic carbocycles. The third-order valence-corrected chi connectivity index (χ3v) is 5.07. The van der Waals surface area contributed by atoms with E-state index >= 15 is 0 Å². The fourth-order valence-corrected chi connectivity index (χ4v) is 4.03. The number of hydrogen-bond acceptors (Lipinski definition) is 5. The fraction of sp³-hybridized carbons (Fsp3) is 0.571. The molecule has 0 amide bonds. The van der Waals surface area contributed by atoms with Crippen LogP contribution in [0.4, 0.5) is 5.69 Å². The summed E-state index contributed by atoms with van der Waals surface area (Å²) in [5, 5.41) is 14.2. The normalized spacial score (nSPS) is 13.9. The molecule has 1 atom stereocenters. The van der Waals surface area contributed by atoms with Gasteiger partial charge in [0.15, 0.2) is 9.84 Å². The Labute approximate surface area is 125 Å². The van der Waals surface area contributed by atoms with Gasteiger partial charge >= 0.3 is 0 Å². The number of para-hydroxylation sites is 1. The van der Waals surface area contributed by atoms with Crippen molar-refractivity contribution in [3.05, 3.63) is 34.4 Å². The quantitative estimate of drug-likeness (QED) is 0.643. The van der Waals surface area contributed by atoms with E-state index in [0.717, 1.165) is 0 Å². The topological polar surface area (TPSA) is 89.3 Å². The Morgan fingerprint density at radius 3 is 2.33 bits per heavy atom. The summed E-state index contributed by atoms with van der Waals surface area (Å²) in [6.07, 6.45) is 0. The van der Waals surface area contributed by atoms with Crippen LogP contribution < -0.4 is 5.32 Å². The van der Waals surface area contributed by atoms with E-state index in [-0.39, 0.29) is 27.8 Å². The van der Waals surface area contributed by atoms with Crippen molar-refractivity contribution in [3.63, 3.8) is 0 Å². The molecule has 0 fully saturated rings. The van der Waals surface area contributed by atoms with Crippen LogP contribution in [0.1, 0.15) is 27.7 Å². The number of sulfone groups is 1. The molecule has 21 heavy (non-hydrogen) atoms. The molecule has 1 N–H and O–H groups in total. The Bertz CT molecular complexity index is 606. The predicted octanol–water partition coefficient (Wildman–Crippen LogP) is 2.39. The smallest absolute Gasteiger partial charge is 0.287 e. The molecule has 0 saturated heterocycles. The summed E-state index contributed by atoms with van der Waals surface area (Å²) in [7, 11) is -3.74. The van der Waals surface area contributed by atoms with Crippen molar-refractivity contribution in [1.29, 1.82) is 0 Å². The van der Waals surface area contributed by atoms with Crippen LogP contribution in [-0.2, 0) is 9.84 Å². The monoisotopic (exact) mass is 314 g/mol. The first-order chi connectivity index (χ1) is 9.59. The van der Waals surface area contributed by atoms with E-state index in [1.165, 1.54) is 24.3 Å². The highest BCUT2D eigenvalue weighted by atomic mass is 32.2. The molecule has 0 heterocycles. The van der Waals surface area contributed by atoms with Crippen LogP contribution in [0.5, 0.6) is 0 Å². The van der Waals surface area contributed by atoms with Gasteiger partial charge in [-0.05, 0) is 18.0 Å². The molecule has 1 aromatic rings. The molecular formula is C14H22N2O4S. The summed E-state index contributed by atoms with van der Waals surface area (Å²) in [5.41, 5.74) is -0.645. The molecule has 0 aromatic heterocycles. The van der Waals surface area contributed by atoms with Crippen LogP contribution in [0.25, 0.3) is 0 Å². The Morgan fingerprint density at radius 1 is 1.29 bits per heavy atom. The first-order valence-electron chi connectivity index (χ1n) is 6.79. The highest BCUT2D eigenvalue weighted by molar-refractivity contribution is 7.91. The van der Waals surface area contributed by atoms with Crippen molar-refractivity contribution in [2.75, 3.05) is 12.3 Å². The van der Waals surface area contributed by atoms with Crippen LogP contribution in [0.3, 0.4) is 0 Å². The first-order valence-corrected chi connectivity index (χ1v) is 8.44. The highest BCUT2D eigenvalue weighted by Crippen LogP contribution is 2.28. The summed E-state index contributed by atoms with van der Waals surface area (Å²) < 4.78 is 25.1. The fourth-order valence-electron chi connectivity index (χ4n) is 2.04. The van der Waals surface area contributed by atoms with Gasteiger partial charge < -0.3 is 5.32 Å². The molecule has 0 spiro atoms. The minimum absolute atomic E-state index is 0.171. The number of benzene rings is 1. The maximum absolute atomic E-state index is 12.5. The zero-order chi connectivity index (χ0) is 16.3. The van der Waals surface area contributed by atoms with Crippen molar-refractivity contribution in [3.8, 4) is 0 Å². The van der Waals surface area contributed by atoms with Gasteiger partial charge in [0.2, 0.25) is 0 Å². The summed E-state index contributed by atoms with van der Waals surface area (Å²) in [6, 6.07) is 5.18. The van der Waals surface area contributed by atoms with Gasteiger partial charge in [-0.1, -0.05) is 39.8 Å². The molecule has 118 valence electrons. The number of hydrogen-bond donors (Lipinski definition) is 1. The van der Waals surface area contributed by atoms with E-state index in [0.29, 0.717) is 6.54 Å². The highest BCUT2D eigenvalue weighted by Gasteiger charge is 2.33. The summed E-state index contributed by atoms with van der Waals surface area (Å²) in [6.45, 7) is 8.35. The Kier molecular flexibility index (Phi) is 5.47. The van der Waals surface area contributed by atoms with Gasteiger partial charge in [-0.15, -0.1) is 0 Å². The second kappa shape index (κ2) is 6.53. The molecule has 1 rings (SSSR count). The molecular weight excluding hydrogens is 292 g/mol. The lowest BCUT2D eigenvalue weighted by molar-refractivity contribution is -0.387. The lowest BCUT2D eigenvalue weighted by Crippen LogP contribution is -2.45. The van der Waals surface area contributed by atoms with Gasteiger partial charge in [-0.3, -0.25) is 10.1 Å². The van der Waals surface area contributed by atoms with E-state index in [2.05, 4.69) is 5.32 Å². The molecule has 1 aromatic carbocycles. The van der Waals surface area contributed by atoms with Crippen molar-refractivity contribution in [1.82, 2.24) is 5.32 Å². The van der Waals surface area contributed by atoms with Gasteiger partial charge in [0.25, 0.3) is 5.69 Å². The van der Waals surface area contributed by atoms with Crippen molar-refractivity contribution < 1.29 is 13.3 Å². The van der Waals surface area contributed by atoms with E-state index in [9.17, 15) is 18.5 Å². The maximum Gasteiger partial charge on any atom is 0.287 e. The lowest BCUT2D eigenvalue weighted by Gasteiger charge is -2.31.